The Morgan fingerprint density at radius 2 is 1.60 bits per heavy atom. The van der Waals surface area contributed by atoms with Crippen LogP contribution in [0.15, 0.2) is 11.1 Å². The predicted molar refractivity (Wildman–Crippen MR) is 91.7 cm³/mol. The first kappa shape index (κ1) is 20.3. The van der Waals surface area contributed by atoms with Crippen LogP contribution < -0.4 is 5.73 Å². The van der Waals surface area contributed by atoms with Crippen molar-refractivity contribution in [3.63, 3.8) is 0 Å². The Hall–Kier alpha value is -2.75. The molecule has 2 heterocycles. The summed E-state index contributed by atoms with van der Waals surface area (Å²) in [6.45, 7) is 11.0. The van der Waals surface area contributed by atoms with Crippen molar-refractivity contribution in [3.8, 4) is 0 Å². The molecular formula is C15H24N6O4. The largest absolute Gasteiger partial charge is 0.473 e. The first-order valence-corrected chi connectivity index (χ1v) is 7.82. The number of hydrogen-bond donors (Lipinski definition) is 3. The number of aliphatic imine (C=N–C) groups is 1. The van der Waals surface area contributed by atoms with Crippen molar-refractivity contribution in [2.24, 2.45) is 10.7 Å². The highest BCUT2D eigenvalue weighted by molar-refractivity contribution is 6.27. The van der Waals surface area contributed by atoms with Crippen molar-refractivity contribution >= 4 is 23.8 Å². The molecule has 0 amide bonds. The summed E-state index contributed by atoms with van der Waals surface area (Å²) < 4.78 is 0. The van der Waals surface area contributed by atoms with Gasteiger partial charge < -0.3 is 25.7 Å². The summed E-state index contributed by atoms with van der Waals surface area (Å²) in [5, 5.41) is 14.8. The number of nitrogens with zero attached hydrogens (tertiary/aromatic N) is 5. The van der Waals surface area contributed by atoms with E-state index < -0.39 is 11.9 Å². The second-order valence-electron chi connectivity index (χ2n) is 5.45. The average Bonchev–Trinajstić information content (AvgIpc) is 2.54. The maximum atomic E-state index is 9.10. The molecule has 1 aliphatic heterocycles. The van der Waals surface area contributed by atoms with Gasteiger partial charge in [0.2, 0.25) is 0 Å². The SMILES string of the molecule is CCN1CCN(C(N)=Nc2nc(C)cc(C)n2)CC1.O=C(O)C(=O)O. The van der Waals surface area contributed by atoms with Crippen LogP contribution in [0.2, 0.25) is 0 Å². The predicted octanol–water partition coefficient (Wildman–Crippen LogP) is -0.167. The number of nitrogens with two attached hydrogens (primary N) is 1. The van der Waals surface area contributed by atoms with Crippen molar-refractivity contribution in [3.05, 3.63) is 17.5 Å². The molecule has 25 heavy (non-hydrogen) atoms. The normalized spacial score (nSPS) is 15.3. The van der Waals surface area contributed by atoms with Gasteiger partial charge in [0.25, 0.3) is 5.95 Å². The van der Waals surface area contributed by atoms with Crippen LogP contribution in [-0.4, -0.2) is 80.6 Å². The molecule has 0 spiro atoms. The third-order valence-electron chi connectivity index (χ3n) is 3.51. The molecule has 0 unspecified atom stereocenters. The maximum Gasteiger partial charge on any atom is 0.414 e. The van der Waals surface area contributed by atoms with Crippen LogP contribution in [0.25, 0.3) is 0 Å². The quantitative estimate of drug-likeness (QED) is 0.375. The molecule has 0 aromatic carbocycles. The lowest BCUT2D eigenvalue weighted by Gasteiger charge is -2.34. The van der Waals surface area contributed by atoms with Crippen molar-refractivity contribution in [2.45, 2.75) is 20.8 Å². The van der Waals surface area contributed by atoms with Gasteiger partial charge in [-0.25, -0.2) is 19.6 Å². The van der Waals surface area contributed by atoms with Crippen LogP contribution in [0.4, 0.5) is 5.95 Å². The Morgan fingerprint density at radius 3 is 2.00 bits per heavy atom. The van der Waals surface area contributed by atoms with Crippen molar-refractivity contribution in [2.75, 3.05) is 32.7 Å². The zero-order valence-electron chi connectivity index (χ0n) is 14.6. The first-order chi connectivity index (χ1) is 11.7. The summed E-state index contributed by atoms with van der Waals surface area (Å²) in [6.07, 6.45) is 0. The Morgan fingerprint density at radius 1 is 1.12 bits per heavy atom. The van der Waals surface area contributed by atoms with Gasteiger partial charge in [0.15, 0.2) is 5.96 Å². The minimum Gasteiger partial charge on any atom is -0.473 e. The molecule has 0 bridgehead atoms. The summed E-state index contributed by atoms with van der Waals surface area (Å²) in [4.78, 5) is 35.6. The van der Waals surface area contributed by atoms with E-state index in [0.29, 0.717) is 11.9 Å². The summed E-state index contributed by atoms with van der Waals surface area (Å²) in [5.74, 6) is -2.68. The number of aliphatic carboxylic acids is 2. The number of likely N-dealkylation sites (N-methyl/N-ethyl adjacent to an activating group) is 1. The van der Waals surface area contributed by atoms with Crippen LogP contribution >= 0.6 is 0 Å². The van der Waals surface area contributed by atoms with E-state index in [1.54, 1.807) is 0 Å². The Balaban J connectivity index is 0.000000450. The van der Waals surface area contributed by atoms with Crippen molar-refractivity contribution < 1.29 is 19.8 Å². The van der Waals surface area contributed by atoms with Gasteiger partial charge in [-0.05, 0) is 26.5 Å². The molecule has 10 heteroatoms. The Kier molecular flexibility index (Phi) is 7.73. The first-order valence-electron chi connectivity index (χ1n) is 7.82. The lowest BCUT2D eigenvalue weighted by molar-refractivity contribution is -0.159. The minimum atomic E-state index is -1.82. The highest BCUT2D eigenvalue weighted by Crippen LogP contribution is 2.08. The molecule has 0 aliphatic carbocycles. The second kappa shape index (κ2) is 9.52. The molecule has 1 aromatic rings. The maximum absolute atomic E-state index is 9.10. The molecule has 2 rings (SSSR count). The molecule has 138 valence electrons. The average molecular weight is 352 g/mol. The number of rotatable bonds is 2. The van der Waals surface area contributed by atoms with Gasteiger partial charge in [0.05, 0.1) is 0 Å². The zero-order chi connectivity index (χ0) is 19.0. The second-order valence-corrected chi connectivity index (χ2v) is 5.45. The summed E-state index contributed by atoms with van der Waals surface area (Å²) >= 11 is 0. The van der Waals surface area contributed by atoms with Gasteiger partial charge in [-0.15, -0.1) is 0 Å². The molecule has 1 saturated heterocycles. The molecule has 10 nitrogen and oxygen atoms in total. The van der Waals surface area contributed by atoms with Gasteiger partial charge in [0.1, 0.15) is 0 Å². The van der Waals surface area contributed by atoms with Crippen LogP contribution in [-0.2, 0) is 9.59 Å². The van der Waals surface area contributed by atoms with E-state index in [9.17, 15) is 0 Å². The molecule has 0 radical (unpaired) electrons. The number of aryl methyl sites for hydroxylation is 2. The highest BCUT2D eigenvalue weighted by atomic mass is 16.4. The molecule has 4 N–H and O–H groups in total. The lowest BCUT2D eigenvalue weighted by atomic mass is 10.3. The fourth-order valence-corrected chi connectivity index (χ4v) is 2.22. The fourth-order valence-electron chi connectivity index (χ4n) is 2.22. The number of guanidine groups is 1. The van der Waals surface area contributed by atoms with Gasteiger partial charge in [0, 0.05) is 37.6 Å². The number of carbonyl (C=O) groups is 2. The van der Waals surface area contributed by atoms with Crippen LogP contribution in [0.5, 0.6) is 0 Å². The summed E-state index contributed by atoms with van der Waals surface area (Å²) in [5.41, 5.74) is 7.87. The fraction of sp³-hybridized carbons (Fsp3) is 0.533. The summed E-state index contributed by atoms with van der Waals surface area (Å²) in [6, 6.07) is 1.93. The topological polar surface area (TPSA) is 145 Å². The molecule has 1 aliphatic rings. The molecule has 0 saturated carbocycles. The molecule has 0 atom stereocenters. The van der Waals surface area contributed by atoms with Crippen LogP contribution in [0.3, 0.4) is 0 Å². The minimum absolute atomic E-state index is 0.452. The van der Waals surface area contributed by atoms with E-state index in [1.165, 1.54) is 0 Å². The van der Waals surface area contributed by atoms with E-state index in [0.717, 1.165) is 44.1 Å². The van der Waals surface area contributed by atoms with E-state index in [2.05, 4.69) is 31.7 Å². The Labute approximate surface area is 146 Å². The van der Waals surface area contributed by atoms with Gasteiger partial charge in [-0.2, -0.15) is 4.99 Å². The van der Waals surface area contributed by atoms with E-state index in [4.69, 9.17) is 25.5 Å². The number of hydrogen-bond acceptors (Lipinski definition) is 6. The van der Waals surface area contributed by atoms with Crippen molar-refractivity contribution in [1.82, 2.24) is 19.8 Å². The molecule has 1 fully saturated rings. The monoisotopic (exact) mass is 352 g/mol. The standard InChI is InChI=1S/C13H22N6.C2H2O4/c1-4-18-5-7-19(8-6-18)12(14)17-13-15-10(2)9-11(3)16-13;3-1(4)2(5)6/h9H,4-8H2,1-3H3,(H2,14,15,16,17);(H,3,4)(H,5,6). The number of piperazine rings is 1. The third kappa shape index (κ3) is 7.12. The van der Waals surface area contributed by atoms with Gasteiger partial charge in [-0.1, -0.05) is 6.92 Å². The van der Waals surface area contributed by atoms with E-state index in [-0.39, 0.29) is 0 Å². The zero-order valence-corrected chi connectivity index (χ0v) is 14.6. The van der Waals surface area contributed by atoms with E-state index in [1.807, 2.05) is 19.9 Å². The van der Waals surface area contributed by atoms with Crippen LogP contribution in [0.1, 0.15) is 18.3 Å². The number of carboxylic acid groups (broad SMARTS) is 2. The molecule has 1 aromatic heterocycles. The van der Waals surface area contributed by atoms with E-state index >= 15 is 0 Å². The van der Waals surface area contributed by atoms with Gasteiger partial charge >= 0.3 is 11.9 Å². The van der Waals surface area contributed by atoms with Crippen LogP contribution in [0, 0.1) is 13.8 Å². The number of carboxylic acids is 2. The van der Waals surface area contributed by atoms with Gasteiger partial charge in [-0.3, -0.25) is 0 Å². The third-order valence-corrected chi connectivity index (χ3v) is 3.51. The smallest absolute Gasteiger partial charge is 0.414 e. The highest BCUT2D eigenvalue weighted by Gasteiger charge is 2.17. The lowest BCUT2D eigenvalue weighted by Crippen LogP contribution is -2.50. The molecular weight excluding hydrogens is 328 g/mol. The number of aromatic nitrogens is 2. The summed E-state index contributed by atoms with van der Waals surface area (Å²) in [7, 11) is 0. The van der Waals surface area contributed by atoms with Crippen molar-refractivity contribution in [1.29, 1.82) is 0 Å². The Bertz CT molecular complexity index is 609.